The number of rotatable bonds is 3. The number of benzene rings is 1. The van der Waals surface area contributed by atoms with E-state index in [1.54, 1.807) is 19.2 Å². The molecule has 1 aromatic rings. The Morgan fingerprint density at radius 3 is 2.62 bits per heavy atom. The van der Waals surface area contributed by atoms with Crippen molar-refractivity contribution in [3.05, 3.63) is 22.7 Å². The van der Waals surface area contributed by atoms with Crippen LogP contribution in [-0.4, -0.2) is 25.2 Å². The van der Waals surface area contributed by atoms with Gasteiger partial charge in [0.1, 0.15) is 5.75 Å². The number of amides is 1. The summed E-state index contributed by atoms with van der Waals surface area (Å²) in [6.07, 6.45) is 0. The quantitative estimate of drug-likeness (QED) is 0.881. The van der Waals surface area contributed by atoms with Gasteiger partial charge in [0.05, 0.1) is 24.4 Å². The lowest BCUT2D eigenvalue weighted by atomic mass is 10.1. The van der Waals surface area contributed by atoms with E-state index in [0.29, 0.717) is 22.0 Å². The van der Waals surface area contributed by atoms with Crippen molar-refractivity contribution < 1.29 is 14.6 Å². The van der Waals surface area contributed by atoms with Gasteiger partial charge in [0, 0.05) is 25.6 Å². The third-order valence-electron chi connectivity index (χ3n) is 2.35. The molecule has 0 aliphatic carbocycles. The van der Waals surface area contributed by atoms with Crippen LogP contribution in [0.3, 0.4) is 0 Å². The summed E-state index contributed by atoms with van der Waals surface area (Å²) in [5.41, 5.74) is 1.15. The highest BCUT2D eigenvalue weighted by Gasteiger charge is 2.14. The summed E-state index contributed by atoms with van der Waals surface area (Å²) in [6.45, 7) is 1.28. The van der Waals surface area contributed by atoms with E-state index in [0.717, 1.165) is 0 Å². The summed E-state index contributed by atoms with van der Waals surface area (Å²) >= 11 is 6.02. The van der Waals surface area contributed by atoms with Crippen LogP contribution in [-0.2, 0) is 11.4 Å². The fourth-order valence-electron chi connectivity index (χ4n) is 1.33. The molecule has 5 heteroatoms. The van der Waals surface area contributed by atoms with Gasteiger partial charge < -0.3 is 14.7 Å². The summed E-state index contributed by atoms with van der Waals surface area (Å²) in [6, 6.07) is 3.23. The lowest BCUT2D eigenvalue weighted by Gasteiger charge is -2.18. The lowest BCUT2D eigenvalue weighted by molar-refractivity contribution is -0.116. The highest BCUT2D eigenvalue weighted by molar-refractivity contribution is 6.34. The molecule has 0 saturated carbocycles. The number of aliphatic hydroxyl groups excluding tert-OH is 1. The van der Waals surface area contributed by atoms with E-state index in [-0.39, 0.29) is 12.5 Å². The molecule has 0 saturated heterocycles. The largest absolute Gasteiger partial charge is 0.496 e. The number of ether oxygens (including phenoxy) is 1. The molecule has 0 fully saturated rings. The number of nitrogens with zero attached hydrogens (tertiary/aromatic N) is 1. The number of anilines is 1. The van der Waals surface area contributed by atoms with Crippen molar-refractivity contribution in [2.75, 3.05) is 19.1 Å². The van der Waals surface area contributed by atoms with Gasteiger partial charge in [0.2, 0.25) is 5.91 Å². The molecule has 0 aromatic heterocycles. The molecule has 0 aliphatic heterocycles. The van der Waals surface area contributed by atoms with Crippen molar-refractivity contribution >= 4 is 23.2 Å². The first-order chi connectivity index (χ1) is 7.51. The zero-order valence-electron chi connectivity index (χ0n) is 9.45. The summed E-state index contributed by atoms with van der Waals surface area (Å²) in [5.74, 6) is 0.379. The van der Waals surface area contributed by atoms with Crippen molar-refractivity contribution in [1.29, 1.82) is 0 Å². The minimum absolute atomic E-state index is 0.129. The summed E-state index contributed by atoms with van der Waals surface area (Å²) in [4.78, 5) is 12.6. The normalized spacial score (nSPS) is 10.1. The third-order valence-corrected chi connectivity index (χ3v) is 2.66. The van der Waals surface area contributed by atoms with Gasteiger partial charge in [-0.25, -0.2) is 0 Å². The monoisotopic (exact) mass is 243 g/mol. The van der Waals surface area contributed by atoms with Crippen LogP contribution >= 0.6 is 11.6 Å². The molecule has 0 radical (unpaired) electrons. The topological polar surface area (TPSA) is 49.8 Å². The Bertz CT molecular complexity index is 406. The van der Waals surface area contributed by atoms with Gasteiger partial charge in [-0.2, -0.15) is 0 Å². The zero-order chi connectivity index (χ0) is 12.3. The van der Waals surface area contributed by atoms with E-state index in [1.807, 2.05) is 0 Å². The summed E-state index contributed by atoms with van der Waals surface area (Å²) in [5, 5.41) is 9.57. The van der Waals surface area contributed by atoms with Crippen LogP contribution in [0.4, 0.5) is 5.69 Å². The highest BCUT2D eigenvalue weighted by atomic mass is 35.5. The smallest absolute Gasteiger partial charge is 0.223 e. The molecule has 1 amide bonds. The number of halogens is 1. The first kappa shape index (κ1) is 12.8. The number of hydrogen-bond acceptors (Lipinski definition) is 3. The van der Waals surface area contributed by atoms with Gasteiger partial charge in [-0.05, 0) is 6.07 Å². The predicted molar refractivity (Wildman–Crippen MR) is 63.0 cm³/mol. The Hall–Kier alpha value is -1.26. The molecular formula is C11H14ClNO3. The average molecular weight is 244 g/mol. The van der Waals surface area contributed by atoms with Gasteiger partial charge in [-0.1, -0.05) is 11.6 Å². The Morgan fingerprint density at radius 1 is 1.56 bits per heavy atom. The van der Waals surface area contributed by atoms with E-state index in [1.165, 1.54) is 18.9 Å². The molecule has 4 nitrogen and oxygen atoms in total. The van der Waals surface area contributed by atoms with Gasteiger partial charge in [-0.3, -0.25) is 4.79 Å². The van der Waals surface area contributed by atoms with E-state index >= 15 is 0 Å². The number of carbonyl (C=O) groups excluding carboxylic acids is 1. The minimum Gasteiger partial charge on any atom is -0.496 e. The molecule has 1 rings (SSSR count). The van der Waals surface area contributed by atoms with Crippen molar-refractivity contribution in [3.8, 4) is 5.75 Å². The van der Waals surface area contributed by atoms with E-state index in [9.17, 15) is 4.79 Å². The molecule has 0 aliphatic rings. The van der Waals surface area contributed by atoms with Crippen LogP contribution in [0.15, 0.2) is 12.1 Å². The van der Waals surface area contributed by atoms with E-state index in [2.05, 4.69) is 0 Å². The number of carbonyl (C=O) groups is 1. The van der Waals surface area contributed by atoms with Gasteiger partial charge in [0.25, 0.3) is 0 Å². The molecule has 1 aromatic carbocycles. The van der Waals surface area contributed by atoms with Crippen LogP contribution in [0.1, 0.15) is 12.5 Å². The van der Waals surface area contributed by atoms with Crippen molar-refractivity contribution in [2.24, 2.45) is 0 Å². The molecular weight excluding hydrogens is 230 g/mol. The van der Waals surface area contributed by atoms with Crippen LogP contribution in [0.5, 0.6) is 5.75 Å². The molecule has 0 heterocycles. The Labute approximate surface area is 99.4 Å². The highest BCUT2D eigenvalue weighted by Crippen LogP contribution is 2.32. The number of aliphatic hydroxyl groups is 1. The van der Waals surface area contributed by atoms with Crippen molar-refractivity contribution in [2.45, 2.75) is 13.5 Å². The molecule has 0 atom stereocenters. The lowest BCUT2D eigenvalue weighted by Crippen LogP contribution is -2.23. The average Bonchev–Trinajstić information content (AvgIpc) is 2.27. The fraction of sp³-hybridized carbons (Fsp3) is 0.364. The molecule has 0 spiro atoms. The SMILES string of the molecule is COc1cc(Cl)c(N(C)C(C)=O)cc1CO. The zero-order valence-corrected chi connectivity index (χ0v) is 10.2. The van der Waals surface area contributed by atoms with Gasteiger partial charge >= 0.3 is 0 Å². The van der Waals surface area contributed by atoms with Crippen LogP contribution in [0.25, 0.3) is 0 Å². The van der Waals surface area contributed by atoms with E-state index < -0.39 is 0 Å². The molecule has 0 unspecified atom stereocenters. The summed E-state index contributed by atoms with van der Waals surface area (Å²) in [7, 11) is 3.12. The maximum Gasteiger partial charge on any atom is 0.223 e. The Kier molecular flexibility index (Phi) is 4.15. The number of methoxy groups -OCH3 is 1. The second kappa shape index (κ2) is 5.18. The van der Waals surface area contributed by atoms with Gasteiger partial charge in [-0.15, -0.1) is 0 Å². The second-order valence-corrected chi connectivity index (χ2v) is 3.76. The maximum atomic E-state index is 11.2. The van der Waals surface area contributed by atoms with Gasteiger partial charge in [0.15, 0.2) is 0 Å². The standard InChI is InChI=1S/C11H14ClNO3/c1-7(15)13(2)10-4-8(6-14)11(16-3)5-9(10)12/h4-5,14H,6H2,1-3H3. The minimum atomic E-state index is -0.168. The fourth-order valence-corrected chi connectivity index (χ4v) is 1.61. The Balaban J connectivity index is 3.26. The molecule has 1 N–H and O–H groups in total. The van der Waals surface area contributed by atoms with Crippen LogP contribution < -0.4 is 9.64 Å². The van der Waals surface area contributed by atoms with Crippen LogP contribution in [0, 0.1) is 0 Å². The second-order valence-electron chi connectivity index (χ2n) is 3.35. The first-order valence-electron chi connectivity index (χ1n) is 4.72. The number of hydrogen-bond donors (Lipinski definition) is 1. The van der Waals surface area contributed by atoms with Crippen molar-refractivity contribution in [1.82, 2.24) is 0 Å². The first-order valence-corrected chi connectivity index (χ1v) is 5.10. The molecule has 0 bridgehead atoms. The van der Waals surface area contributed by atoms with E-state index in [4.69, 9.17) is 21.4 Å². The summed E-state index contributed by atoms with van der Waals surface area (Å²) < 4.78 is 5.06. The molecule has 88 valence electrons. The third kappa shape index (κ3) is 2.46. The van der Waals surface area contributed by atoms with Crippen LogP contribution in [0.2, 0.25) is 5.02 Å². The maximum absolute atomic E-state index is 11.2. The van der Waals surface area contributed by atoms with Crippen molar-refractivity contribution in [3.63, 3.8) is 0 Å². The molecule has 16 heavy (non-hydrogen) atoms. The Morgan fingerprint density at radius 2 is 2.19 bits per heavy atom. The predicted octanol–water partition coefficient (Wildman–Crippen LogP) is 1.82.